The SMILES string of the molecule is NC(=NCc1ccc(CN2CCC(O)CC2)cc1)N1CCN(c2ccc(Cl)cc2)CC1. The molecule has 2 aliphatic rings. The fraction of sp³-hybridized carbons (Fsp3) is 0.458. The van der Waals surface area contributed by atoms with Crippen LogP contribution < -0.4 is 10.6 Å². The summed E-state index contributed by atoms with van der Waals surface area (Å²) in [7, 11) is 0. The van der Waals surface area contributed by atoms with Gasteiger partial charge in [-0.15, -0.1) is 0 Å². The van der Waals surface area contributed by atoms with Gasteiger partial charge in [-0.1, -0.05) is 35.9 Å². The summed E-state index contributed by atoms with van der Waals surface area (Å²) in [6.07, 6.45) is 1.63. The summed E-state index contributed by atoms with van der Waals surface area (Å²) in [5.74, 6) is 0.617. The van der Waals surface area contributed by atoms with Crippen LogP contribution in [0.1, 0.15) is 24.0 Å². The van der Waals surface area contributed by atoms with Gasteiger partial charge in [-0.25, -0.2) is 4.99 Å². The molecule has 166 valence electrons. The van der Waals surface area contributed by atoms with Gasteiger partial charge in [0.05, 0.1) is 12.6 Å². The number of nitrogens with two attached hydrogens (primary N) is 1. The Bertz CT molecular complexity index is 855. The van der Waals surface area contributed by atoms with Crippen molar-refractivity contribution in [1.29, 1.82) is 0 Å². The van der Waals surface area contributed by atoms with Crippen molar-refractivity contribution in [2.45, 2.75) is 32.0 Å². The van der Waals surface area contributed by atoms with E-state index in [4.69, 9.17) is 17.3 Å². The molecule has 2 saturated heterocycles. The first kappa shape index (κ1) is 21.9. The largest absolute Gasteiger partial charge is 0.393 e. The predicted octanol–water partition coefficient (Wildman–Crippen LogP) is 2.93. The van der Waals surface area contributed by atoms with Crippen molar-refractivity contribution in [3.8, 4) is 0 Å². The maximum Gasteiger partial charge on any atom is 0.191 e. The van der Waals surface area contributed by atoms with E-state index in [1.807, 2.05) is 12.1 Å². The average molecular weight is 442 g/mol. The molecule has 2 aromatic carbocycles. The predicted molar refractivity (Wildman–Crippen MR) is 128 cm³/mol. The number of hydrogen-bond donors (Lipinski definition) is 2. The minimum absolute atomic E-state index is 0.123. The number of halogens is 1. The van der Waals surface area contributed by atoms with Crippen LogP contribution >= 0.6 is 11.6 Å². The molecule has 0 saturated carbocycles. The molecule has 2 heterocycles. The summed E-state index contributed by atoms with van der Waals surface area (Å²) in [4.78, 5) is 11.5. The monoisotopic (exact) mass is 441 g/mol. The third-order valence-electron chi connectivity index (χ3n) is 6.21. The van der Waals surface area contributed by atoms with Crippen LogP contribution in [0.15, 0.2) is 53.5 Å². The van der Waals surface area contributed by atoms with E-state index in [0.717, 1.165) is 63.7 Å². The lowest BCUT2D eigenvalue weighted by atomic mass is 10.1. The normalized spacial score (nSPS) is 19.1. The topological polar surface area (TPSA) is 68.3 Å². The van der Waals surface area contributed by atoms with Crippen LogP contribution in [0.4, 0.5) is 5.69 Å². The van der Waals surface area contributed by atoms with Crippen molar-refractivity contribution < 1.29 is 5.11 Å². The van der Waals surface area contributed by atoms with E-state index in [1.54, 1.807) is 0 Å². The van der Waals surface area contributed by atoms with Crippen LogP contribution in [0.2, 0.25) is 5.02 Å². The Hall–Kier alpha value is -2.28. The molecule has 0 spiro atoms. The fourth-order valence-corrected chi connectivity index (χ4v) is 4.33. The number of aliphatic hydroxyl groups excluding tert-OH is 1. The van der Waals surface area contributed by atoms with Crippen LogP contribution in [0, 0.1) is 0 Å². The number of rotatable bonds is 5. The highest BCUT2D eigenvalue weighted by Gasteiger charge is 2.19. The van der Waals surface area contributed by atoms with Crippen molar-refractivity contribution in [2.75, 3.05) is 44.2 Å². The first-order valence-corrected chi connectivity index (χ1v) is 11.5. The minimum Gasteiger partial charge on any atom is -0.393 e. The zero-order valence-corrected chi connectivity index (χ0v) is 18.7. The van der Waals surface area contributed by atoms with Crippen molar-refractivity contribution in [3.05, 3.63) is 64.7 Å². The van der Waals surface area contributed by atoms with Crippen LogP contribution in [-0.2, 0) is 13.1 Å². The number of aliphatic hydroxyl groups is 1. The molecule has 0 bridgehead atoms. The molecule has 0 atom stereocenters. The van der Waals surface area contributed by atoms with E-state index in [0.29, 0.717) is 12.5 Å². The summed E-state index contributed by atoms with van der Waals surface area (Å²) in [6, 6.07) is 16.6. The highest BCUT2D eigenvalue weighted by molar-refractivity contribution is 6.30. The Kier molecular flexibility index (Phi) is 7.33. The molecule has 6 nitrogen and oxygen atoms in total. The van der Waals surface area contributed by atoms with Crippen molar-refractivity contribution in [3.63, 3.8) is 0 Å². The van der Waals surface area contributed by atoms with Gasteiger partial charge in [0.25, 0.3) is 0 Å². The van der Waals surface area contributed by atoms with Gasteiger partial charge in [-0.05, 0) is 48.2 Å². The van der Waals surface area contributed by atoms with Crippen molar-refractivity contribution in [1.82, 2.24) is 9.80 Å². The number of hydrogen-bond acceptors (Lipinski definition) is 4. The van der Waals surface area contributed by atoms with Gasteiger partial charge >= 0.3 is 0 Å². The van der Waals surface area contributed by atoms with Crippen molar-refractivity contribution in [2.24, 2.45) is 10.7 Å². The van der Waals surface area contributed by atoms with Gasteiger partial charge in [0.15, 0.2) is 5.96 Å². The van der Waals surface area contributed by atoms with Crippen molar-refractivity contribution >= 4 is 23.2 Å². The van der Waals surface area contributed by atoms with E-state index >= 15 is 0 Å². The van der Waals surface area contributed by atoms with Crippen LogP contribution in [0.3, 0.4) is 0 Å². The number of piperidine rings is 1. The molecule has 0 aliphatic carbocycles. The summed E-state index contributed by atoms with van der Waals surface area (Å²) >= 11 is 5.99. The summed E-state index contributed by atoms with van der Waals surface area (Å²) < 4.78 is 0. The number of anilines is 1. The van der Waals surface area contributed by atoms with E-state index in [-0.39, 0.29) is 6.10 Å². The second-order valence-electron chi connectivity index (χ2n) is 8.45. The molecule has 3 N–H and O–H groups in total. The number of piperazine rings is 1. The van der Waals surface area contributed by atoms with E-state index in [9.17, 15) is 5.11 Å². The minimum atomic E-state index is -0.123. The average Bonchev–Trinajstić information content (AvgIpc) is 2.80. The highest BCUT2D eigenvalue weighted by Crippen LogP contribution is 2.19. The number of aliphatic imine (C=N–C) groups is 1. The lowest BCUT2D eigenvalue weighted by Crippen LogP contribution is -2.51. The van der Waals surface area contributed by atoms with Crippen LogP contribution in [0.25, 0.3) is 0 Å². The van der Waals surface area contributed by atoms with Crippen LogP contribution in [0.5, 0.6) is 0 Å². The molecular formula is C24H32ClN5O. The lowest BCUT2D eigenvalue weighted by Gasteiger charge is -2.36. The molecule has 0 radical (unpaired) electrons. The highest BCUT2D eigenvalue weighted by atomic mass is 35.5. The third-order valence-corrected chi connectivity index (χ3v) is 6.46. The summed E-state index contributed by atoms with van der Waals surface area (Å²) in [5, 5.41) is 10.4. The van der Waals surface area contributed by atoms with E-state index < -0.39 is 0 Å². The second-order valence-corrected chi connectivity index (χ2v) is 8.89. The molecule has 7 heteroatoms. The van der Waals surface area contributed by atoms with Gasteiger partial charge in [0.1, 0.15) is 0 Å². The molecular weight excluding hydrogens is 410 g/mol. The Labute approximate surface area is 189 Å². The Morgan fingerprint density at radius 3 is 2.16 bits per heavy atom. The standard InChI is InChI=1S/C24H32ClN5O/c25-21-5-7-22(8-6-21)29-13-15-30(16-14-29)24(26)27-17-19-1-3-20(4-2-19)18-28-11-9-23(31)10-12-28/h1-8,23,31H,9-18H2,(H2,26,27). The molecule has 0 unspecified atom stereocenters. The molecule has 4 rings (SSSR count). The third kappa shape index (κ3) is 6.12. The number of guanidine groups is 1. The van der Waals surface area contributed by atoms with Gasteiger partial charge in [-0.2, -0.15) is 0 Å². The molecule has 0 amide bonds. The maximum atomic E-state index is 9.64. The van der Waals surface area contributed by atoms with Crippen LogP contribution in [-0.4, -0.2) is 66.2 Å². The Morgan fingerprint density at radius 1 is 0.903 bits per heavy atom. The molecule has 31 heavy (non-hydrogen) atoms. The first-order chi connectivity index (χ1) is 15.1. The van der Waals surface area contributed by atoms with E-state index in [2.05, 4.69) is 56.1 Å². The quantitative estimate of drug-likeness (QED) is 0.551. The zero-order chi connectivity index (χ0) is 21.6. The Balaban J connectivity index is 1.24. The molecule has 2 fully saturated rings. The number of benzene rings is 2. The Morgan fingerprint density at radius 2 is 1.52 bits per heavy atom. The smallest absolute Gasteiger partial charge is 0.191 e. The van der Waals surface area contributed by atoms with Gasteiger partial charge in [0, 0.05) is 56.5 Å². The van der Waals surface area contributed by atoms with Gasteiger partial charge < -0.3 is 20.6 Å². The van der Waals surface area contributed by atoms with Gasteiger partial charge in [0.2, 0.25) is 0 Å². The molecule has 2 aromatic rings. The first-order valence-electron chi connectivity index (χ1n) is 11.1. The molecule has 0 aromatic heterocycles. The lowest BCUT2D eigenvalue weighted by molar-refractivity contribution is 0.0792. The van der Waals surface area contributed by atoms with E-state index in [1.165, 1.54) is 16.8 Å². The molecule has 2 aliphatic heterocycles. The summed E-state index contributed by atoms with van der Waals surface area (Å²) in [5.41, 5.74) is 9.94. The second kappa shape index (κ2) is 10.4. The number of likely N-dealkylation sites (tertiary alicyclic amines) is 1. The zero-order valence-electron chi connectivity index (χ0n) is 18.0. The fourth-order valence-electron chi connectivity index (χ4n) is 4.20. The number of nitrogens with zero attached hydrogens (tertiary/aromatic N) is 4. The van der Waals surface area contributed by atoms with Gasteiger partial charge in [-0.3, -0.25) is 4.90 Å². The summed E-state index contributed by atoms with van der Waals surface area (Å²) in [6.45, 7) is 7.03. The maximum absolute atomic E-state index is 9.64.